The van der Waals surface area contributed by atoms with Crippen LogP contribution in [0.15, 0.2) is 41.2 Å². The van der Waals surface area contributed by atoms with E-state index in [1.54, 1.807) is 0 Å². The Kier molecular flexibility index (Phi) is 6.73. The van der Waals surface area contributed by atoms with Crippen LogP contribution in [0.4, 0.5) is 17.6 Å². The van der Waals surface area contributed by atoms with Gasteiger partial charge in [-0.05, 0) is 42.9 Å². The Hall–Kier alpha value is -3.14. The second-order valence-corrected chi connectivity index (χ2v) is 7.43. The summed E-state index contributed by atoms with van der Waals surface area (Å²) in [6.07, 6.45) is -4.83. The number of carbonyl (C=O) groups is 1. The Morgan fingerprint density at radius 2 is 1.69 bits per heavy atom. The van der Waals surface area contributed by atoms with Crippen molar-refractivity contribution < 1.29 is 22.4 Å². The Labute approximate surface area is 181 Å². The number of carbonyl (C=O) groups excluding carboxylic acids is 1. The average molecular weight is 452 g/mol. The van der Waals surface area contributed by atoms with E-state index in [-0.39, 0.29) is 29.7 Å². The average Bonchev–Trinajstić information content (AvgIpc) is 3.00. The zero-order chi connectivity index (χ0) is 23.6. The lowest BCUT2D eigenvalue weighted by atomic mass is 10.1. The fraction of sp³-hybridized carbons (Fsp3) is 0.364. The highest BCUT2D eigenvalue weighted by Crippen LogP contribution is 2.36. The van der Waals surface area contributed by atoms with Crippen molar-refractivity contribution >= 4 is 16.9 Å². The molecule has 3 aromatic rings. The first-order valence-electron chi connectivity index (χ1n) is 10.2. The number of nitrogens with two attached hydrogens (primary N) is 1. The molecule has 0 unspecified atom stereocenters. The van der Waals surface area contributed by atoms with Crippen LogP contribution in [0.25, 0.3) is 11.0 Å². The van der Waals surface area contributed by atoms with Crippen molar-refractivity contribution in [3.05, 3.63) is 69.4 Å². The molecule has 2 aromatic carbocycles. The fourth-order valence-corrected chi connectivity index (χ4v) is 3.73. The predicted molar refractivity (Wildman–Crippen MR) is 113 cm³/mol. The minimum atomic E-state index is -4.83. The molecule has 1 aromatic heterocycles. The molecule has 0 aliphatic carbocycles. The topological polar surface area (TPSA) is 73.3 Å². The van der Waals surface area contributed by atoms with E-state index in [1.807, 2.05) is 18.7 Å². The highest BCUT2D eigenvalue weighted by atomic mass is 19.4. The Morgan fingerprint density at radius 3 is 2.22 bits per heavy atom. The first-order valence-corrected chi connectivity index (χ1v) is 10.2. The summed E-state index contributed by atoms with van der Waals surface area (Å²) in [4.78, 5) is 27.0. The highest BCUT2D eigenvalue weighted by molar-refractivity contribution is 5.97. The van der Waals surface area contributed by atoms with Crippen LogP contribution in [-0.2, 0) is 19.3 Å². The minimum absolute atomic E-state index is 0.0205. The van der Waals surface area contributed by atoms with Gasteiger partial charge in [-0.25, -0.2) is 9.18 Å². The number of hydrogen-bond acceptors (Lipinski definition) is 3. The number of rotatable bonds is 8. The third-order valence-corrected chi connectivity index (χ3v) is 5.49. The summed E-state index contributed by atoms with van der Waals surface area (Å²) in [5.74, 6) is -1.52. The number of likely N-dealkylation sites (N-methyl/N-ethyl adjacent to an activating group) is 1. The second-order valence-electron chi connectivity index (χ2n) is 7.43. The van der Waals surface area contributed by atoms with E-state index in [1.165, 1.54) is 34.9 Å². The molecule has 3 rings (SSSR count). The molecule has 0 spiro atoms. The lowest BCUT2D eigenvalue weighted by Crippen LogP contribution is -2.32. The Balaban J connectivity index is 2.28. The van der Waals surface area contributed by atoms with Gasteiger partial charge in [-0.15, -0.1) is 0 Å². The molecule has 0 radical (unpaired) electrons. The number of amides is 1. The van der Waals surface area contributed by atoms with Gasteiger partial charge >= 0.3 is 11.9 Å². The molecule has 0 saturated heterocycles. The summed E-state index contributed by atoms with van der Waals surface area (Å²) in [5, 5.41) is 0. The van der Waals surface area contributed by atoms with Gasteiger partial charge in [0.15, 0.2) is 0 Å². The molecule has 0 aliphatic rings. The van der Waals surface area contributed by atoms with E-state index >= 15 is 0 Å². The van der Waals surface area contributed by atoms with Crippen molar-refractivity contribution in [3.63, 3.8) is 0 Å². The molecule has 0 bridgehead atoms. The van der Waals surface area contributed by atoms with Crippen LogP contribution >= 0.6 is 0 Å². The predicted octanol–water partition coefficient (Wildman–Crippen LogP) is 3.45. The zero-order valence-corrected chi connectivity index (χ0v) is 17.7. The van der Waals surface area contributed by atoms with Crippen LogP contribution in [0.1, 0.15) is 35.3 Å². The first-order chi connectivity index (χ1) is 15.1. The SMILES string of the molecule is CCN(CC)CCn1c(=O)n(Cc2ccc(F)cc2)c2c(C(F)(F)F)cc(C(N)=O)cc21. The number of hydrogen-bond donors (Lipinski definition) is 1. The van der Waals surface area contributed by atoms with Crippen molar-refractivity contribution in [2.24, 2.45) is 5.73 Å². The maximum Gasteiger partial charge on any atom is 0.418 e. The van der Waals surface area contributed by atoms with E-state index in [9.17, 15) is 27.2 Å². The van der Waals surface area contributed by atoms with Crippen molar-refractivity contribution in [2.75, 3.05) is 19.6 Å². The summed E-state index contributed by atoms with van der Waals surface area (Å²) in [5.41, 5.74) is 3.27. The van der Waals surface area contributed by atoms with E-state index in [0.717, 1.165) is 4.57 Å². The summed E-state index contributed by atoms with van der Waals surface area (Å²) >= 11 is 0. The summed E-state index contributed by atoms with van der Waals surface area (Å²) in [6.45, 7) is 5.68. The summed E-state index contributed by atoms with van der Waals surface area (Å²) in [6, 6.07) is 7.06. The molecule has 0 atom stereocenters. The quantitative estimate of drug-likeness (QED) is 0.532. The van der Waals surface area contributed by atoms with Crippen LogP contribution in [-0.4, -0.2) is 39.6 Å². The summed E-state index contributed by atoms with van der Waals surface area (Å²) in [7, 11) is 0. The molecule has 0 aliphatic heterocycles. The zero-order valence-electron chi connectivity index (χ0n) is 17.7. The highest BCUT2D eigenvalue weighted by Gasteiger charge is 2.36. The van der Waals surface area contributed by atoms with Crippen LogP contribution < -0.4 is 11.4 Å². The lowest BCUT2D eigenvalue weighted by Gasteiger charge is -2.18. The van der Waals surface area contributed by atoms with Crippen molar-refractivity contribution in [3.8, 4) is 0 Å². The van der Waals surface area contributed by atoms with E-state index in [2.05, 4.69) is 0 Å². The first kappa shape index (κ1) is 23.5. The molecular weight excluding hydrogens is 428 g/mol. The lowest BCUT2D eigenvalue weighted by molar-refractivity contribution is -0.136. The second kappa shape index (κ2) is 9.15. The van der Waals surface area contributed by atoms with Gasteiger partial charge < -0.3 is 10.6 Å². The number of nitrogens with zero attached hydrogens (tertiary/aromatic N) is 3. The molecule has 10 heteroatoms. The standard InChI is InChI=1S/C22H24F4N4O2/c1-3-28(4-2)9-10-29-18-12-15(20(27)31)11-17(22(24,25)26)19(18)30(21(29)32)13-14-5-7-16(23)8-6-14/h5-8,11-12H,3-4,9-10,13H2,1-2H3,(H2,27,31). The molecule has 32 heavy (non-hydrogen) atoms. The molecule has 1 amide bonds. The van der Waals surface area contributed by atoms with Gasteiger partial charge in [-0.3, -0.25) is 13.9 Å². The molecule has 0 fully saturated rings. The maximum absolute atomic E-state index is 14.0. The van der Waals surface area contributed by atoms with Crippen LogP contribution in [0.3, 0.4) is 0 Å². The van der Waals surface area contributed by atoms with Gasteiger partial charge in [0.05, 0.1) is 23.1 Å². The third-order valence-electron chi connectivity index (χ3n) is 5.49. The maximum atomic E-state index is 14.0. The summed E-state index contributed by atoms with van der Waals surface area (Å²) < 4.78 is 57.4. The van der Waals surface area contributed by atoms with E-state index < -0.39 is 29.2 Å². The number of fused-ring (bicyclic) bond motifs is 1. The molecule has 2 N–H and O–H groups in total. The number of imidazole rings is 1. The largest absolute Gasteiger partial charge is 0.418 e. The van der Waals surface area contributed by atoms with E-state index in [0.29, 0.717) is 31.3 Å². The normalized spacial score (nSPS) is 12.1. The van der Waals surface area contributed by atoms with Crippen molar-refractivity contribution in [2.45, 2.75) is 33.1 Å². The number of halogens is 4. The Bertz CT molecular complexity index is 1180. The Morgan fingerprint density at radius 1 is 1.06 bits per heavy atom. The molecule has 0 saturated carbocycles. The third kappa shape index (κ3) is 4.69. The van der Waals surface area contributed by atoms with Gasteiger partial charge in [0.2, 0.25) is 5.91 Å². The number of alkyl halides is 3. The minimum Gasteiger partial charge on any atom is -0.366 e. The van der Waals surface area contributed by atoms with Crippen LogP contribution in [0.2, 0.25) is 0 Å². The van der Waals surface area contributed by atoms with Crippen molar-refractivity contribution in [1.82, 2.24) is 14.0 Å². The van der Waals surface area contributed by atoms with Crippen LogP contribution in [0, 0.1) is 5.82 Å². The molecular formula is C22H24F4N4O2. The van der Waals surface area contributed by atoms with Gasteiger partial charge in [0, 0.05) is 18.7 Å². The fourth-order valence-electron chi connectivity index (χ4n) is 3.73. The van der Waals surface area contributed by atoms with Gasteiger partial charge in [0.25, 0.3) is 0 Å². The molecule has 1 heterocycles. The van der Waals surface area contributed by atoms with Crippen molar-refractivity contribution in [1.29, 1.82) is 0 Å². The van der Waals surface area contributed by atoms with Gasteiger partial charge in [0.1, 0.15) is 5.82 Å². The van der Waals surface area contributed by atoms with Crippen LogP contribution in [0.5, 0.6) is 0 Å². The number of primary amides is 1. The smallest absolute Gasteiger partial charge is 0.366 e. The van der Waals surface area contributed by atoms with Gasteiger partial charge in [-0.2, -0.15) is 13.2 Å². The van der Waals surface area contributed by atoms with E-state index in [4.69, 9.17) is 5.73 Å². The molecule has 172 valence electrons. The monoisotopic (exact) mass is 452 g/mol. The number of aromatic nitrogens is 2. The van der Waals surface area contributed by atoms with Gasteiger partial charge in [-0.1, -0.05) is 26.0 Å². The molecule has 6 nitrogen and oxygen atoms in total. The number of benzene rings is 2.